The fourth-order valence-electron chi connectivity index (χ4n) is 5.78. The standard InChI is InChI=1S/C32H32N6O/c33-31(34)35-25-17-19-26(20-18-25)38-29-16-7-6-15-28(29)30(23-10-2-1-3-11-23)36-37(32(38)39)21-24-13-8-12-22-9-4-5-14-27(22)24/h4-9,12-20,23H,1-3,10-11,21H2,(H4,33,34,35). The first-order valence-corrected chi connectivity index (χ1v) is 13.5. The molecule has 0 bridgehead atoms. The number of rotatable bonds is 5. The topological polar surface area (TPSA) is 100 Å². The SMILES string of the molecule is NC(N)=Nc1ccc(N2C(=O)N(Cc3cccc4ccccc34)N=C(C3CCCCC3)c3ccccc32)cc1. The highest BCUT2D eigenvalue weighted by Crippen LogP contribution is 2.38. The van der Waals surface area contributed by atoms with E-state index in [4.69, 9.17) is 16.6 Å². The van der Waals surface area contributed by atoms with Gasteiger partial charge < -0.3 is 11.5 Å². The lowest BCUT2D eigenvalue weighted by atomic mass is 9.83. The van der Waals surface area contributed by atoms with Gasteiger partial charge in [0.15, 0.2) is 5.96 Å². The van der Waals surface area contributed by atoms with Crippen LogP contribution in [0.4, 0.5) is 21.9 Å². The van der Waals surface area contributed by atoms with Crippen molar-refractivity contribution in [2.24, 2.45) is 27.5 Å². The van der Waals surface area contributed by atoms with E-state index in [9.17, 15) is 4.79 Å². The van der Waals surface area contributed by atoms with Crippen molar-refractivity contribution in [2.75, 3.05) is 4.90 Å². The van der Waals surface area contributed by atoms with Gasteiger partial charge in [-0.25, -0.2) is 14.8 Å². The molecule has 7 nitrogen and oxygen atoms in total. The summed E-state index contributed by atoms with van der Waals surface area (Å²) in [5, 5.41) is 9.07. The average molecular weight is 517 g/mol. The van der Waals surface area contributed by atoms with E-state index in [2.05, 4.69) is 35.3 Å². The fraction of sp³-hybridized carbons (Fsp3) is 0.219. The number of fused-ring (bicyclic) bond motifs is 2. The molecule has 0 aromatic heterocycles. The molecule has 2 amide bonds. The Kier molecular flexibility index (Phi) is 6.71. The van der Waals surface area contributed by atoms with Crippen molar-refractivity contribution in [2.45, 2.75) is 38.6 Å². The maximum atomic E-state index is 14.4. The number of urea groups is 1. The fourth-order valence-corrected chi connectivity index (χ4v) is 5.78. The summed E-state index contributed by atoms with van der Waals surface area (Å²) in [7, 11) is 0. The number of benzene rings is 4. The molecule has 0 unspecified atom stereocenters. The molecule has 1 aliphatic carbocycles. The van der Waals surface area contributed by atoms with Crippen LogP contribution in [-0.2, 0) is 6.54 Å². The summed E-state index contributed by atoms with van der Waals surface area (Å²) in [5.41, 5.74) is 16.4. The van der Waals surface area contributed by atoms with Crippen molar-refractivity contribution in [3.05, 3.63) is 102 Å². The monoisotopic (exact) mass is 516 g/mol. The zero-order valence-electron chi connectivity index (χ0n) is 21.8. The number of aliphatic imine (C=N–C) groups is 1. The number of hydrogen-bond donors (Lipinski definition) is 2. The molecule has 1 aliphatic heterocycles. The molecule has 2 aliphatic rings. The summed E-state index contributed by atoms with van der Waals surface area (Å²) >= 11 is 0. The molecule has 1 heterocycles. The Labute approximate surface area is 228 Å². The molecule has 4 N–H and O–H groups in total. The van der Waals surface area contributed by atoms with Gasteiger partial charge in [0, 0.05) is 11.5 Å². The summed E-state index contributed by atoms with van der Waals surface area (Å²) in [6, 6.07) is 29.8. The maximum Gasteiger partial charge on any atom is 0.349 e. The molecule has 6 rings (SSSR count). The van der Waals surface area contributed by atoms with Gasteiger partial charge in [-0.1, -0.05) is 79.9 Å². The molecule has 4 aromatic carbocycles. The van der Waals surface area contributed by atoms with Crippen LogP contribution in [0.25, 0.3) is 10.8 Å². The molecule has 0 atom stereocenters. The largest absolute Gasteiger partial charge is 0.370 e. The summed E-state index contributed by atoms with van der Waals surface area (Å²) < 4.78 is 0. The lowest BCUT2D eigenvalue weighted by Gasteiger charge is -2.27. The molecule has 0 saturated heterocycles. The first-order chi connectivity index (χ1) is 19.1. The summed E-state index contributed by atoms with van der Waals surface area (Å²) in [6.07, 6.45) is 5.77. The van der Waals surface area contributed by atoms with E-state index in [1.807, 2.05) is 60.7 Å². The molecular formula is C32H32N6O. The Bertz CT molecular complexity index is 1560. The van der Waals surface area contributed by atoms with Gasteiger partial charge in [0.25, 0.3) is 0 Å². The molecule has 196 valence electrons. The van der Waals surface area contributed by atoms with Gasteiger partial charge in [0.2, 0.25) is 0 Å². The number of carbonyl (C=O) groups excluding carboxylic acids is 1. The van der Waals surface area contributed by atoms with E-state index >= 15 is 0 Å². The second kappa shape index (κ2) is 10.6. The second-order valence-electron chi connectivity index (χ2n) is 10.2. The van der Waals surface area contributed by atoms with Gasteiger partial charge in [-0.2, -0.15) is 5.10 Å². The van der Waals surface area contributed by atoms with Gasteiger partial charge in [0.05, 0.1) is 29.3 Å². The predicted molar refractivity (Wildman–Crippen MR) is 158 cm³/mol. The third-order valence-electron chi connectivity index (χ3n) is 7.62. The van der Waals surface area contributed by atoms with Crippen molar-refractivity contribution >= 4 is 45.5 Å². The van der Waals surface area contributed by atoms with E-state index in [0.29, 0.717) is 18.2 Å². The van der Waals surface area contributed by atoms with Crippen LogP contribution in [-0.4, -0.2) is 22.7 Å². The summed E-state index contributed by atoms with van der Waals surface area (Å²) in [5.74, 6) is 0.303. The number of hydrazone groups is 1. The molecule has 7 heteroatoms. The number of carbonyl (C=O) groups is 1. The van der Waals surface area contributed by atoms with Gasteiger partial charge >= 0.3 is 6.03 Å². The Morgan fingerprint density at radius 3 is 2.36 bits per heavy atom. The number of anilines is 2. The Balaban J connectivity index is 1.49. The van der Waals surface area contributed by atoms with Crippen molar-refractivity contribution in [3.8, 4) is 0 Å². The van der Waals surface area contributed by atoms with Gasteiger partial charge in [-0.05, 0) is 59.5 Å². The van der Waals surface area contributed by atoms with Crippen LogP contribution >= 0.6 is 0 Å². The number of nitrogens with zero attached hydrogens (tertiary/aromatic N) is 4. The Morgan fingerprint density at radius 2 is 1.56 bits per heavy atom. The van der Waals surface area contributed by atoms with Crippen LogP contribution in [0.1, 0.15) is 43.2 Å². The van der Waals surface area contributed by atoms with Crippen LogP contribution in [0, 0.1) is 5.92 Å². The minimum absolute atomic E-state index is 0.00858. The van der Waals surface area contributed by atoms with Crippen LogP contribution in [0.2, 0.25) is 0 Å². The zero-order valence-corrected chi connectivity index (χ0v) is 21.8. The van der Waals surface area contributed by atoms with E-state index in [1.165, 1.54) is 19.3 Å². The third-order valence-corrected chi connectivity index (χ3v) is 7.62. The zero-order chi connectivity index (χ0) is 26.8. The Morgan fingerprint density at radius 1 is 0.846 bits per heavy atom. The minimum atomic E-state index is -0.198. The highest BCUT2D eigenvalue weighted by molar-refractivity contribution is 6.13. The lowest BCUT2D eigenvalue weighted by molar-refractivity contribution is 0.207. The van der Waals surface area contributed by atoms with Crippen molar-refractivity contribution in [3.63, 3.8) is 0 Å². The van der Waals surface area contributed by atoms with Crippen LogP contribution in [0.15, 0.2) is 101 Å². The quantitative estimate of drug-likeness (QED) is 0.225. The number of amides is 2. The molecule has 39 heavy (non-hydrogen) atoms. The highest BCUT2D eigenvalue weighted by Gasteiger charge is 2.34. The van der Waals surface area contributed by atoms with Crippen molar-refractivity contribution < 1.29 is 4.79 Å². The van der Waals surface area contributed by atoms with Gasteiger partial charge in [-0.3, -0.25) is 4.90 Å². The molecular weight excluding hydrogens is 484 g/mol. The number of para-hydroxylation sites is 1. The Hall–Kier alpha value is -4.65. The number of guanidine groups is 1. The molecule has 0 radical (unpaired) electrons. The van der Waals surface area contributed by atoms with E-state index in [0.717, 1.165) is 51.8 Å². The maximum absolute atomic E-state index is 14.4. The van der Waals surface area contributed by atoms with Crippen molar-refractivity contribution in [1.82, 2.24) is 5.01 Å². The molecule has 4 aromatic rings. The van der Waals surface area contributed by atoms with Crippen LogP contribution in [0.3, 0.4) is 0 Å². The lowest BCUT2D eigenvalue weighted by Crippen LogP contribution is -2.36. The molecule has 1 saturated carbocycles. The number of hydrogen-bond acceptors (Lipinski definition) is 3. The van der Waals surface area contributed by atoms with Gasteiger partial charge in [0.1, 0.15) is 0 Å². The van der Waals surface area contributed by atoms with Crippen LogP contribution in [0.5, 0.6) is 0 Å². The van der Waals surface area contributed by atoms with E-state index < -0.39 is 0 Å². The third kappa shape index (κ3) is 4.95. The first-order valence-electron chi connectivity index (χ1n) is 13.5. The minimum Gasteiger partial charge on any atom is -0.370 e. The smallest absolute Gasteiger partial charge is 0.349 e. The summed E-state index contributed by atoms with van der Waals surface area (Å²) in [4.78, 5) is 20.3. The predicted octanol–water partition coefficient (Wildman–Crippen LogP) is 6.80. The normalized spacial score (nSPS) is 16.0. The number of nitrogens with two attached hydrogens (primary N) is 2. The molecule has 1 fully saturated rings. The van der Waals surface area contributed by atoms with Crippen LogP contribution < -0.4 is 16.4 Å². The molecule has 0 spiro atoms. The average Bonchev–Trinajstić information content (AvgIpc) is 3.08. The van der Waals surface area contributed by atoms with E-state index in [1.54, 1.807) is 9.91 Å². The van der Waals surface area contributed by atoms with E-state index in [-0.39, 0.29) is 12.0 Å². The second-order valence-corrected chi connectivity index (χ2v) is 10.2. The highest BCUT2D eigenvalue weighted by atomic mass is 16.2. The van der Waals surface area contributed by atoms with Gasteiger partial charge in [-0.15, -0.1) is 0 Å². The summed E-state index contributed by atoms with van der Waals surface area (Å²) in [6.45, 7) is 0.368. The van der Waals surface area contributed by atoms with Crippen molar-refractivity contribution in [1.29, 1.82) is 0 Å². The first kappa shape index (κ1) is 24.7.